The molecule has 0 aromatic heterocycles. The van der Waals surface area contributed by atoms with E-state index in [1.807, 2.05) is 0 Å². The summed E-state index contributed by atoms with van der Waals surface area (Å²) in [5.41, 5.74) is 5.76. The topological polar surface area (TPSA) is 26.0 Å². The molecule has 1 nitrogen and oxygen atoms in total. The molecule has 0 fully saturated rings. The lowest BCUT2D eigenvalue weighted by atomic mass is 9.95. The van der Waals surface area contributed by atoms with Crippen LogP contribution in [-0.4, -0.2) is 6.54 Å². The van der Waals surface area contributed by atoms with Gasteiger partial charge in [0.15, 0.2) is 0 Å². The average Bonchev–Trinajstić information content (AvgIpc) is 2.19. The van der Waals surface area contributed by atoms with Gasteiger partial charge in [0.1, 0.15) is 0 Å². The number of hydrogen-bond donors (Lipinski definition) is 1. The second-order valence-electron chi connectivity index (χ2n) is 4.50. The Kier molecular flexibility index (Phi) is 6.77. The summed E-state index contributed by atoms with van der Waals surface area (Å²) in [5.74, 6) is 0.777. The van der Waals surface area contributed by atoms with E-state index in [4.69, 9.17) is 5.73 Å². The molecule has 1 rings (SSSR count). The molecule has 0 aromatic rings. The van der Waals surface area contributed by atoms with Crippen molar-refractivity contribution in [2.75, 3.05) is 6.54 Å². The average molecular weight is 195 g/mol. The van der Waals surface area contributed by atoms with Crippen molar-refractivity contribution < 1.29 is 0 Å². The standard InChI is InChI=1S/C13H25N/c14-12-13-10-8-6-4-2-1-3-5-7-9-11-13/h4,6,13H,1-3,5,7-12,14H2/b6-4-. The molecule has 0 saturated heterocycles. The second kappa shape index (κ2) is 8.05. The van der Waals surface area contributed by atoms with Gasteiger partial charge in [-0.05, 0) is 44.6 Å². The molecule has 14 heavy (non-hydrogen) atoms. The molecule has 0 amide bonds. The Morgan fingerprint density at radius 2 is 1.57 bits per heavy atom. The number of nitrogens with two attached hydrogens (primary N) is 1. The molecular weight excluding hydrogens is 170 g/mol. The molecular formula is C13H25N. The summed E-state index contributed by atoms with van der Waals surface area (Å²) in [6.45, 7) is 0.883. The summed E-state index contributed by atoms with van der Waals surface area (Å²) in [7, 11) is 0. The van der Waals surface area contributed by atoms with Gasteiger partial charge in [-0.15, -0.1) is 0 Å². The summed E-state index contributed by atoms with van der Waals surface area (Å²) in [6.07, 6.45) is 16.9. The largest absolute Gasteiger partial charge is 0.330 e. The molecule has 82 valence electrons. The molecule has 0 aromatic carbocycles. The molecule has 1 unspecified atom stereocenters. The Labute approximate surface area is 88.8 Å². The summed E-state index contributed by atoms with van der Waals surface area (Å²) >= 11 is 0. The van der Waals surface area contributed by atoms with Crippen molar-refractivity contribution in [1.29, 1.82) is 0 Å². The Hall–Kier alpha value is -0.300. The number of hydrogen-bond acceptors (Lipinski definition) is 1. The van der Waals surface area contributed by atoms with Crippen molar-refractivity contribution in [3.05, 3.63) is 12.2 Å². The highest BCUT2D eigenvalue weighted by Gasteiger charge is 2.05. The van der Waals surface area contributed by atoms with E-state index in [2.05, 4.69) is 12.2 Å². The maximum atomic E-state index is 5.76. The first-order valence-corrected chi connectivity index (χ1v) is 6.28. The Morgan fingerprint density at radius 1 is 0.857 bits per heavy atom. The maximum Gasteiger partial charge on any atom is -0.00488 e. The second-order valence-corrected chi connectivity index (χ2v) is 4.50. The smallest absolute Gasteiger partial charge is 0.00488 e. The van der Waals surface area contributed by atoms with E-state index in [1.54, 1.807) is 0 Å². The molecule has 0 spiro atoms. The molecule has 1 aliphatic carbocycles. The first-order valence-electron chi connectivity index (χ1n) is 6.28. The van der Waals surface area contributed by atoms with E-state index in [1.165, 1.54) is 57.8 Å². The third-order valence-electron chi connectivity index (χ3n) is 3.22. The molecule has 2 N–H and O–H groups in total. The van der Waals surface area contributed by atoms with E-state index < -0.39 is 0 Å². The Morgan fingerprint density at radius 3 is 2.43 bits per heavy atom. The normalized spacial score (nSPS) is 28.8. The fourth-order valence-electron chi connectivity index (χ4n) is 2.17. The van der Waals surface area contributed by atoms with E-state index in [0.717, 1.165) is 12.5 Å². The minimum absolute atomic E-state index is 0.777. The van der Waals surface area contributed by atoms with Crippen LogP contribution in [0.15, 0.2) is 12.2 Å². The fraction of sp³-hybridized carbons (Fsp3) is 0.846. The zero-order valence-electron chi connectivity index (χ0n) is 9.38. The first-order chi connectivity index (χ1) is 6.93. The summed E-state index contributed by atoms with van der Waals surface area (Å²) in [6, 6.07) is 0. The van der Waals surface area contributed by atoms with E-state index in [9.17, 15) is 0 Å². The van der Waals surface area contributed by atoms with Gasteiger partial charge in [-0.2, -0.15) is 0 Å². The Bertz CT molecular complexity index is 151. The predicted molar refractivity (Wildman–Crippen MR) is 63.2 cm³/mol. The van der Waals surface area contributed by atoms with Gasteiger partial charge in [-0.25, -0.2) is 0 Å². The van der Waals surface area contributed by atoms with Crippen molar-refractivity contribution in [2.45, 2.75) is 57.8 Å². The minimum Gasteiger partial charge on any atom is -0.330 e. The van der Waals surface area contributed by atoms with E-state index in [-0.39, 0.29) is 0 Å². The number of allylic oxidation sites excluding steroid dienone is 2. The lowest BCUT2D eigenvalue weighted by Gasteiger charge is -2.13. The van der Waals surface area contributed by atoms with Gasteiger partial charge in [0, 0.05) is 0 Å². The van der Waals surface area contributed by atoms with E-state index >= 15 is 0 Å². The van der Waals surface area contributed by atoms with Gasteiger partial charge < -0.3 is 5.73 Å². The minimum atomic E-state index is 0.777. The van der Waals surface area contributed by atoms with E-state index in [0.29, 0.717) is 0 Å². The molecule has 1 aliphatic rings. The highest BCUT2D eigenvalue weighted by atomic mass is 14.5. The highest BCUT2D eigenvalue weighted by Crippen LogP contribution is 2.17. The monoisotopic (exact) mass is 195 g/mol. The molecule has 1 heteroatoms. The lowest BCUT2D eigenvalue weighted by molar-refractivity contribution is 0.433. The van der Waals surface area contributed by atoms with Gasteiger partial charge in [-0.3, -0.25) is 0 Å². The number of rotatable bonds is 1. The SMILES string of the molecule is NCC1CC/C=C\CCCCCCC1. The predicted octanol–water partition coefficient (Wildman–Crippen LogP) is 3.64. The zero-order chi connectivity index (χ0) is 10.1. The van der Waals surface area contributed by atoms with Crippen LogP contribution in [0.3, 0.4) is 0 Å². The molecule has 0 aliphatic heterocycles. The van der Waals surface area contributed by atoms with Crippen LogP contribution in [0.5, 0.6) is 0 Å². The van der Waals surface area contributed by atoms with Gasteiger partial charge in [0.25, 0.3) is 0 Å². The van der Waals surface area contributed by atoms with Crippen LogP contribution < -0.4 is 5.73 Å². The maximum absolute atomic E-state index is 5.76. The summed E-state index contributed by atoms with van der Waals surface area (Å²) in [5, 5.41) is 0. The fourth-order valence-corrected chi connectivity index (χ4v) is 2.17. The molecule has 0 saturated carbocycles. The quantitative estimate of drug-likeness (QED) is 0.635. The van der Waals surface area contributed by atoms with Crippen LogP contribution in [0.1, 0.15) is 57.8 Å². The van der Waals surface area contributed by atoms with Gasteiger partial charge in [0.05, 0.1) is 0 Å². The molecule has 0 radical (unpaired) electrons. The van der Waals surface area contributed by atoms with Crippen LogP contribution in [0, 0.1) is 5.92 Å². The van der Waals surface area contributed by atoms with Gasteiger partial charge in [0.2, 0.25) is 0 Å². The first kappa shape index (κ1) is 11.8. The van der Waals surface area contributed by atoms with Crippen molar-refractivity contribution in [3.63, 3.8) is 0 Å². The summed E-state index contributed by atoms with van der Waals surface area (Å²) < 4.78 is 0. The van der Waals surface area contributed by atoms with Crippen LogP contribution in [-0.2, 0) is 0 Å². The third kappa shape index (κ3) is 5.43. The van der Waals surface area contributed by atoms with Gasteiger partial charge in [-0.1, -0.05) is 37.8 Å². The highest BCUT2D eigenvalue weighted by molar-refractivity contribution is 4.82. The van der Waals surface area contributed by atoms with Crippen LogP contribution >= 0.6 is 0 Å². The van der Waals surface area contributed by atoms with Crippen molar-refractivity contribution >= 4 is 0 Å². The van der Waals surface area contributed by atoms with Crippen LogP contribution in [0.2, 0.25) is 0 Å². The summed E-state index contributed by atoms with van der Waals surface area (Å²) in [4.78, 5) is 0. The zero-order valence-corrected chi connectivity index (χ0v) is 9.38. The van der Waals surface area contributed by atoms with Crippen molar-refractivity contribution in [2.24, 2.45) is 11.7 Å². The molecule has 0 bridgehead atoms. The van der Waals surface area contributed by atoms with Crippen molar-refractivity contribution in [1.82, 2.24) is 0 Å². The third-order valence-corrected chi connectivity index (χ3v) is 3.22. The van der Waals surface area contributed by atoms with Crippen LogP contribution in [0.25, 0.3) is 0 Å². The lowest BCUT2D eigenvalue weighted by Crippen LogP contribution is -2.14. The van der Waals surface area contributed by atoms with Gasteiger partial charge >= 0.3 is 0 Å². The van der Waals surface area contributed by atoms with Crippen LogP contribution in [0.4, 0.5) is 0 Å². The Balaban J connectivity index is 2.26. The molecule has 1 atom stereocenters. The van der Waals surface area contributed by atoms with Crippen molar-refractivity contribution in [3.8, 4) is 0 Å². The molecule has 0 heterocycles.